The third kappa shape index (κ3) is 2.72. The van der Waals surface area contributed by atoms with Crippen molar-refractivity contribution in [2.24, 2.45) is 11.8 Å². The second kappa shape index (κ2) is 5.66. The molecule has 2 atom stereocenters. The first-order valence-corrected chi connectivity index (χ1v) is 8.47. The summed E-state index contributed by atoms with van der Waals surface area (Å²) in [7, 11) is 0. The Labute approximate surface area is 129 Å². The average Bonchev–Trinajstić information content (AvgIpc) is 3.10. The number of esters is 1. The van der Waals surface area contributed by atoms with Crippen LogP contribution in [0.5, 0.6) is 0 Å². The van der Waals surface area contributed by atoms with Crippen LogP contribution < -0.4 is 5.32 Å². The van der Waals surface area contributed by atoms with Crippen molar-refractivity contribution in [3.63, 3.8) is 0 Å². The molecule has 6 heteroatoms. The molecule has 116 valence electrons. The van der Waals surface area contributed by atoms with Crippen LogP contribution in [0.15, 0.2) is 5.38 Å². The maximum Gasteiger partial charge on any atom is 0.367 e. The molecule has 21 heavy (non-hydrogen) atoms. The predicted octanol–water partition coefficient (Wildman–Crippen LogP) is 1.75. The van der Waals surface area contributed by atoms with Gasteiger partial charge in [-0.1, -0.05) is 0 Å². The van der Waals surface area contributed by atoms with Gasteiger partial charge < -0.3 is 10.1 Å². The van der Waals surface area contributed by atoms with Crippen molar-refractivity contribution in [1.29, 1.82) is 0 Å². The van der Waals surface area contributed by atoms with Gasteiger partial charge >= 0.3 is 5.97 Å². The van der Waals surface area contributed by atoms with Crippen LogP contribution in [0.3, 0.4) is 0 Å². The van der Waals surface area contributed by atoms with Crippen LogP contribution in [0.2, 0.25) is 0 Å². The summed E-state index contributed by atoms with van der Waals surface area (Å²) in [6, 6.07) is 0. The fraction of sp³-hybridized carbons (Fsp3) is 0.733. The van der Waals surface area contributed by atoms with Crippen LogP contribution in [-0.4, -0.2) is 47.6 Å². The second-order valence-electron chi connectivity index (χ2n) is 6.42. The van der Waals surface area contributed by atoms with E-state index >= 15 is 0 Å². The third-order valence-electron chi connectivity index (χ3n) is 4.87. The normalized spacial score (nSPS) is 27.8. The molecule has 1 aromatic rings. The molecule has 2 saturated heterocycles. The lowest BCUT2D eigenvalue weighted by Gasteiger charge is -2.35. The molecule has 3 heterocycles. The highest BCUT2D eigenvalue weighted by molar-refractivity contribution is 7.11. The van der Waals surface area contributed by atoms with E-state index in [2.05, 4.69) is 29.0 Å². The van der Waals surface area contributed by atoms with E-state index in [0.717, 1.165) is 37.8 Å². The van der Waals surface area contributed by atoms with Crippen molar-refractivity contribution in [3.8, 4) is 0 Å². The minimum absolute atomic E-state index is 0.182. The van der Waals surface area contributed by atoms with Crippen LogP contribution in [-0.2, 0) is 11.3 Å². The van der Waals surface area contributed by atoms with Crippen LogP contribution in [0.25, 0.3) is 0 Å². The number of aromatic nitrogens is 1. The fourth-order valence-electron chi connectivity index (χ4n) is 3.63. The molecular formula is C15H23N3O2S. The summed E-state index contributed by atoms with van der Waals surface area (Å²) in [5.41, 5.74) is 1.16. The number of rotatable bonds is 4. The van der Waals surface area contributed by atoms with Gasteiger partial charge in [0.05, 0.1) is 12.3 Å². The highest BCUT2D eigenvalue weighted by Gasteiger charge is 2.49. The number of thiazole rings is 1. The summed E-state index contributed by atoms with van der Waals surface area (Å²) in [5, 5.41) is 5.94. The SMILES string of the molecule is CCOC(=O)c1nc(CN2CC3CNCC3C2(C)C)cs1. The maximum atomic E-state index is 11.7. The van der Waals surface area contributed by atoms with Crippen molar-refractivity contribution in [2.75, 3.05) is 26.2 Å². The summed E-state index contributed by atoms with van der Waals surface area (Å²) in [4.78, 5) is 18.6. The highest BCUT2D eigenvalue weighted by atomic mass is 32.1. The molecule has 5 nitrogen and oxygen atoms in total. The summed E-state index contributed by atoms with van der Waals surface area (Å²) >= 11 is 1.38. The van der Waals surface area contributed by atoms with Crippen molar-refractivity contribution in [3.05, 3.63) is 16.1 Å². The smallest absolute Gasteiger partial charge is 0.367 e. The van der Waals surface area contributed by atoms with Crippen LogP contribution in [0.4, 0.5) is 0 Å². The number of nitrogens with one attached hydrogen (secondary N) is 1. The van der Waals surface area contributed by atoms with Gasteiger partial charge in [-0.15, -0.1) is 11.3 Å². The van der Waals surface area contributed by atoms with E-state index in [1.807, 2.05) is 12.3 Å². The Morgan fingerprint density at radius 2 is 2.38 bits per heavy atom. The number of hydrogen-bond donors (Lipinski definition) is 1. The van der Waals surface area contributed by atoms with E-state index in [-0.39, 0.29) is 11.5 Å². The molecule has 1 aromatic heterocycles. The monoisotopic (exact) mass is 309 g/mol. The molecule has 2 aliphatic rings. The molecule has 0 aromatic carbocycles. The van der Waals surface area contributed by atoms with E-state index in [1.165, 1.54) is 11.3 Å². The van der Waals surface area contributed by atoms with Gasteiger partial charge in [-0.2, -0.15) is 0 Å². The van der Waals surface area contributed by atoms with Crippen LogP contribution >= 0.6 is 11.3 Å². The maximum absolute atomic E-state index is 11.7. The molecule has 0 spiro atoms. The Hall–Kier alpha value is -0.980. The van der Waals surface area contributed by atoms with Gasteiger partial charge in [-0.05, 0) is 39.2 Å². The van der Waals surface area contributed by atoms with Crippen molar-refractivity contribution >= 4 is 17.3 Å². The molecule has 0 saturated carbocycles. The summed E-state index contributed by atoms with van der Waals surface area (Å²) in [6.45, 7) is 11.0. The van der Waals surface area contributed by atoms with Gasteiger partial charge in [0.1, 0.15) is 0 Å². The van der Waals surface area contributed by atoms with E-state index < -0.39 is 0 Å². The molecule has 0 amide bonds. The van der Waals surface area contributed by atoms with Gasteiger partial charge in [-0.3, -0.25) is 4.90 Å². The molecular weight excluding hydrogens is 286 g/mol. The lowest BCUT2D eigenvalue weighted by atomic mass is 9.85. The highest BCUT2D eigenvalue weighted by Crippen LogP contribution is 2.41. The molecule has 3 rings (SSSR count). The molecule has 2 aliphatic heterocycles. The first-order valence-electron chi connectivity index (χ1n) is 7.59. The second-order valence-corrected chi connectivity index (χ2v) is 7.28. The minimum atomic E-state index is -0.310. The quantitative estimate of drug-likeness (QED) is 0.859. The van der Waals surface area contributed by atoms with Crippen LogP contribution in [0, 0.1) is 11.8 Å². The molecule has 0 bridgehead atoms. The Morgan fingerprint density at radius 1 is 1.57 bits per heavy atom. The van der Waals surface area contributed by atoms with E-state index in [4.69, 9.17) is 4.74 Å². The molecule has 1 N–H and O–H groups in total. The van der Waals surface area contributed by atoms with Gasteiger partial charge in [0.2, 0.25) is 5.01 Å². The Balaban J connectivity index is 1.68. The number of hydrogen-bond acceptors (Lipinski definition) is 6. The predicted molar refractivity (Wildman–Crippen MR) is 82.4 cm³/mol. The van der Waals surface area contributed by atoms with Gasteiger partial charge in [0.25, 0.3) is 0 Å². The van der Waals surface area contributed by atoms with Crippen molar-refractivity contribution in [1.82, 2.24) is 15.2 Å². The summed E-state index contributed by atoms with van der Waals surface area (Å²) in [6.07, 6.45) is 0. The van der Waals surface area contributed by atoms with E-state index in [9.17, 15) is 4.79 Å². The zero-order chi connectivity index (χ0) is 15.0. The van der Waals surface area contributed by atoms with Gasteiger partial charge in [0.15, 0.2) is 0 Å². The van der Waals surface area contributed by atoms with Crippen molar-refractivity contribution in [2.45, 2.75) is 32.9 Å². The fourth-order valence-corrected chi connectivity index (χ4v) is 4.33. The Morgan fingerprint density at radius 3 is 3.10 bits per heavy atom. The molecule has 0 radical (unpaired) electrons. The first kappa shape index (κ1) is 14.9. The molecule has 0 aliphatic carbocycles. The van der Waals surface area contributed by atoms with E-state index in [1.54, 1.807) is 0 Å². The van der Waals surface area contributed by atoms with Crippen molar-refractivity contribution < 1.29 is 9.53 Å². The van der Waals surface area contributed by atoms with Gasteiger partial charge in [0, 0.05) is 30.6 Å². The number of fused-ring (bicyclic) bond motifs is 1. The standard InChI is InChI=1S/C15H23N3O2S/c1-4-20-14(19)13-17-11(9-21-13)8-18-7-10-5-16-6-12(10)15(18,2)3/h9-10,12,16H,4-8H2,1-3H3. The average molecular weight is 309 g/mol. The number of carbonyl (C=O) groups is 1. The first-order chi connectivity index (χ1) is 10.0. The number of nitrogens with zero attached hydrogens (tertiary/aromatic N) is 2. The minimum Gasteiger partial charge on any atom is -0.461 e. The number of likely N-dealkylation sites (tertiary alicyclic amines) is 1. The third-order valence-corrected chi connectivity index (χ3v) is 5.74. The van der Waals surface area contributed by atoms with E-state index in [0.29, 0.717) is 17.5 Å². The lowest BCUT2D eigenvalue weighted by molar-refractivity contribution is 0.0525. The topological polar surface area (TPSA) is 54.5 Å². The van der Waals surface area contributed by atoms with Crippen LogP contribution in [0.1, 0.15) is 36.3 Å². The summed E-state index contributed by atoms with van der Waals surface area (Å²) < 4.78 is 5.00. The molecule has 2 fully saturated rings. The Bertz CT molecular complexity index is 529. The zero-order valence-corrected chi connectivity index (χ0v) is 13.7. The zero-order valence-electron chi connectivity index (χ0n) is 12.9. The largest absolute Gasteiger partial charge is 0.461 e. The number of ether oxygens (including phenoxy) is 1. The summed E-state index contributed by atoms with van der Waals surface area (Å²) in [5.74, 6) is 1.14. The number of carbonyl (C=O) groups excluding carboxylic acids is 1. The Kier molecular flexibility index (Phi) is 4.03. The lowest BCUT2D eigenvalue weighted by Crippen LogP contribution is -2.43. The molecule has 2 unspecified atom stereocenters. The van der Waals surface area contributed by atoms with Gasteiger partial charge in [-0.25, -0.2) is 9.78 Å².